The minimum Gasteiger partial charge on any atom is -0.394 e. The Morgan fingerprint density at radius 3 is 0.310 bits per heavy atom. The minimum absolute atomic E-state index is 0.0188. The van der Waals surface area contributed by atoms with Crippen molar-refractivity contribution in [1.29, 1.82) is 0 Å². The van der Waals surface area contributed by atoms with Crippen molar-refractivity contribution in [2.45, 2.75) is 0 Å². The number of hydrogen-bond acceptors (Lipinski definition) is 24. The van der Waals surface area contributed by atoms with E-state index in [-0.39, 0.29) is 6.61 Å². The SMILES string of the molecule is OCCOCCOCCOCCOCCOCCOCCOCCOCCOCCOCCOCCOCCOCCOCCOCCOCCOCCOCCOCCOCCOCCOCCOI. The summed E-state index contributed by atoms with van der Waals surface area (Å²) in [6.07, 6.45) is 0. The van der Waals surface area contributed by atoms with Crippen LogP contribution in [-0.4, -0.2) is 309 Å². The Morgan fingerprint density at radius 1 is 0.141 bits per heavy atom. The van der Waals surface area contributed by atoms with Crippen LogP contribution in [0.2, 0.25) is 0 Å². The highest BCUT2D eigenvalue weighted by molar-refractivity contribution is 14.1. The van der Waals surface area contributed by atoms with E-state index < -0.39 is 0 Å². The van der Waals surface area contributed by atoms with Crippen molar-refractivity contribution in [3.05, 3.63) is 0 Å². The largest absolute Gasteiger partial charge is 0.394 e. The van der Waals surface area contributed by atoms with Gasteiger partial charge in [0.25, 0.3) is 0 Å². The molecule has 25 heteroatoms. The first-order valence-corrected chi connectivity index (χ1v) is 25.8. The summed E-state index contributed by atoms with van der Waals surface area (Å²) in [6, 6.07) is 0. The molecule has 0 aromatic heterocycles. The van der Waals surface area contributed by atoms with E-state index in [0.29, 0.717) is 297 Å². The van der Waals surface area contributed by atoms with Crippen molar-refractivity contribution in [3.8, 4) is 0 Å². The topological polar surface area (TPSA) is 233 Å². The van der Waals surface area contributed by atoms with Crippen LogP contribution < -0.4 is 0 Å². The number of ether oxygens (including phenoxy) is 22. The monoisotopic (exact) mass is 1160 g/mol. The van der Waals surface area contributed by atoms with Gasteiger partial charge in [0.05, 0.1) is 304 Å². The molecule has 0 fully saturated rings. The van der Waals surface area contributed by atoms with E-state index in [4.69, 9.17) is 112 Å². The normalized spacial score (nSPS) is 11.7. The van der Waals surface area contributed by atoms with Crippen LogP contribution in [-0.2, 0) is 107 Å². The third-order valence-corrected chi connectivity index (χ3v) is 8.79. The average Bonchev–Trinajstić information content (AvgIpc) is 3.38. The van der Waals surface area contributed by atoms with Crippen molar-refractivity contribution in [2.24, 2.45) is 0 Å². The Bertz CT molecular complexity index is 847. The molecule has 0 rings (SSSR count). The molecule has 0 amide bonds. The molecule has 24 nitrogen and oxygen atoms in total. The molecule has 71 heavy (non-hydrogen) atoms. The number of aliphatic hydroxyl groups is 1. The molecule has 0 saturated carbocycles. The van der Waals surface area contributed by atoms with Gasteiger partial charge in [-0.2, -0.15) is 0 Å². The molecule has 428 valence electrons. The second-order valence-electron chi connectivity index (χ2n) is 14.0. The lowest BCUT2D eigenvalue weighted by atomic mass is 10.6. The number of hydrogen-bond donors (Lipinski definition) is 1. The summed E-state index contributed by atoms with van der Waals surface area (Å²) < 4.78 is 125. The maximum absolute atomic E-state index is 8.61. The summed E-state index contributed by atoms with van der Waals surface area (Å²) in [4.78, 5) is 0. The fourth-order valence-electron chi connectivity index (χ4n) is 4.88. The highest BCUT2D eigenvalue weighted by Crippen LogP contribution is 1.91. The lowest BCUT2D eigenvalue weighted by Crippen LogP contribution is -2.16. The van der Waals surface area contributed by atoms with Gasteiger partial charge < -0.3 is 112 Å². The third kappa shape index (κ3) is 69.8. The van der Waals surface area contributed by atoms with Crippen LogP contribution in [0.5, 0.6) is 0 Å². The van der Waals surface area contributed by atoms with E-state index >= 15 is 0 Å². The van der Waals surface area contributed by atoms with Crippen molar-refractivity contribution < 1.29 is 112 Å². The lowest BCUT2D eigenvalue weighted by molar-refractivity contribution is -0.0318. The van der Waals surface area contributed by atoms with Crippen LogP contribution >= 0.6 is 23.0 Å². The zero-order valence-corrected chi connectivity index (χ0v) is 44.9. The predicted octanol–water partition coefficient (Wildman–Crippen LogP) is 0.710. The second-order valence-corrected chi connectivity index (χ2v) is 14.6. The molecule has 0 aromatic carbocycles. The Hall–Kier alpha value is -0.230. The Morgan fingerprint density at radius 2 is 0.225 bits per heavy atom. The van der Waals surface area contributed by atoms with E-state index in [1.54, 1.807) is 0 Å². The molecule has 0 aliphatic heterocycles. The molecule has 0 spiro atoms. The summed E-state index contributed by atoms with van der Waals surface area (Å²) in [7, 11) is 0. The van der Waals surface area contributed by atoms with Crippen molar-refractivity contribution >= 4 is 23.0 Å². The average molecular weight is 1160 g/mol. The molecule has 0 radical (unpaired) electrons. The highest BCUT2D eigenvalue weighted by atomic mass is 127. The number of halogens is 1. The fourth-order valence-corrected chi connectivity index (χ4v) is 5.06. The molecule has 0 aromatic rings. The minimum atomic E-state index is 0.0188. The molecule has 0 heterocycles. The van der Waals surface area contributed by atoms with Gasteiger partial charge in [-0.15, -0.1) is 0 Å². The van der Waals surface area contributed by atoms with E-state index in [0.717, 1.165) is 0 Å². The summed E-state index contributed by atoms with van der Waals surface area (Å²) in [5.41, 5.74) is 0. The summed E-state index contributed by atoms with van der Waals surface area (Å²) in [5.74, 6) is 0. The smallest absolute Gasteiger partial charge is 0.109 e. The van der Waals surface area contributed by atoms with E-state index in [9.17, 15) is 0 Å². The second kappa shape index (κ2) is 69.8. The van der Waals surface area contributed by atoms with Crippen molar-refractivity contribution in [2.75, 3.05) is 304 Å². The first-order chi connectivity index (χ1) is 35.4. The Labute approximate surface area is 437 Å². The lowest BCUT2D eigenvalue weighted by Gasteiger charge is -2.09. The molecule has 0 unspecified atom stereocenters. The number of aliphatic hydroxyl groups excluding tert-OH is 1. The van der Waals surface area contributed by atoms with Gasteiger partial charge in [0.1, 0.15) is 23.0 Å². The van der Waals surface area contributed by atoms with Gasteiger partial charge in [-0.1, -0.05) is 0 Å². The molecule has 0 aliphatic carbocycles. The standard InChI is InChI=1S/C46H93IO24/c47-71-46-45-70-44-43-69-42-41-68-40-39-67-38-37-66-36-35-65-34-33-64-32-31-63-30-29-62-28-27-61-26-25-60-24-23-59-22-21-58-20-19-57-18-17-56-16-15-55-14-13-54-12-11-53-10-9-52-8-7-51-6-5-50-4-3-49-2-1-48/h48H,1-46H2. The van der Waals surface area contributed by atoms with Gasteiger partial charge in [-0.25, -0.2) is 0 Å². The summed E-state index contributed by atoms with van der Waals surface area (Å²) in [6.45, 7) is 22.3. The zero-order valence-electron chi connectivity index (χ0n) is 42.7. The van der Waals surface area contributed by atoms with Gasteiger partial charge in [-0.3, -0.25) is 0 Å². The molecule has 0 atom stereocenters. The van der Waals surface area contributed by atoms with Gasteiger partial charge in [0.2, 0.25) is 0 Å². The van der Waals surface area contributed by atoms with Crippen molar-refractivity contribution in [3.63, 3.8) is 0 Å². The van der Waals surface area contributed by atoms with Crippen LogP contribution in [0.3, 0.4) is 0 Å². The molecule has 0 aliphatic rings. The van der Waals surface area contributed by atoms with Crippen LogP contribution in [0.4, 0.5) is 0 Å². The fraction of sp³-hybridized carbons (Fsp3) is 1.00. The summed E-state index contributed by atoms with van der Waals surface area (Å²) >= 11 is 1.84. The number of rotatable bonds is 68. The van der Waals surface area contributed by atoms with E-state index in [2.05, 4.69) is 0 Å². The molecule has 0 saturated heterocycles. The van der Waals surface area contributed by atoms with E-state index in [1.807, 2.05) is 23.0 Å². The van der Waals surface area contributed by atoms with E-state index in [1.165, 1.54) is 0 Å². The zero-order chi connectivity index (χ0) is 50.8. The Balaban J connectivity index is 3.07. The molecule has 0 bridgehead atoms. The molecular formula is C46H93IO24. The van der Waals surface area contributed by atoms with Gasteiger partial charge in [-0.05, 0) is 0 Å². The van der Waals surface area contributed by atoms with Crippen LogP contribution in [0.15, 0.2) is 0 Å². The first-order valence-electron chi connectivity index (χ1n) is 25.0. The predicted molar refractivity (Wildman–Crippen MR) is 265 cm³/mol. The molecular weight excluding hydrogens is 1060 g/mol. The van der Waals surface area contributed by atoms with Gasteiger partial charge in [0.15, 0.2) is 0 Å². The third-order valence-electron chi connectivity index (χ3n) is 8.35. The first kappa shape index (κ1) is 70.8. The van der Waals surface area contributed by atoms with Gasteiger partial charge >= 0.3 is 0 Å². The maximum atomic E-state index is 8.61. The summed E-state index contributed by atoms with van der Waals surface area (Å²) in [5, 5.41) is 8.61. The quantitative estimate of drug-likeness (QED) is 0.0653. The highest BCUT2D eigenvalue weighted by Gasteiger charge is 2.00. The van der Waals surface area contributed by atoms with Crippen LogP contribution in [0.1, 0.15) is 0 Å². The Kier molecular flexibility index (Phi) is 69.5. The molecule has 1 N–H and O–H groups in total. The van der Waals surface area contributed by atoms with Gasteiger partial charge in [0, 0.05) is 0 Å². The van der Waals surface area contributed by atoms with Crippen LogP contribution in [0, 0.1) is 0 Å². The van der Waals surface area contributed by atoms with Crippen molar-refractivity contribution in [1.82, 2.24) is 0 Å². The van der Waals surface area contributed by atoms with Crippen LogP contribution in [0.25, 0.3) is 0 Å². The maximum Gasteiger partial charge on any atom is 0.109 e.